The van der Waals surface area contributed by atoms with Gasteiger partial charge in [0, 0.05) is 30.5 Å². The number of pyridine rings is 2. The average molecular weight is 564 g/mol. The molecule has 3 atom stereocenters. The quantitative estimate of drug-likeness (QED) is 0.332. The molecule has 210 valence electrons. The Balaban J connectivity index is 1.47. The summed E-state index contributed by atoms with van der Waals surface area (Å²) >= 11 is 6.42. The van der Waals surface area contributed by atoms with Crippen LogP contribution in [0.4, 0.5) is 5.95 Å². The van der Waals surface area contributed by atoms with E-state index in [0.29, 0.717) is 35.0 Å². The summed E-state index contributed by atoms with van der Waals surface area (Å²) in [6.45, 7) is 6.18. The summed E-state index contributed by atoms with van der Waals surface area (Å²) in [6, 6.07) is 4.28. The van der Waals surface area contributed by atoms with Crippen LogP contribution >= 0.6 is 11.6 Å². The Hall–Kier alpha value is -3.24. The summed E-state index contributed by atoms with van der Waals surface area (Å²) < 4.78 is 13.4. The lowest BCUT2D eigenvalue weighted by molar-refractivity contribution is 0.0245. The second-order valence-corrected chi connectivity index (χ2v) is 12.1. The Morgan fingerprint density at radius 2 is 1.95 bits per heavy atom. The summed E-state index contributed by atoms with van der Waals surface area (Å²) in [4.78, 5) is 31.6. The van der Waals surface area contributed by atoms with Gasteiger partial charge in [0.25, 0.3) is 0 Å². The Morgan fingerprint density at radius 1 is 1.10 bits per heavy atom. The molecule has 0 amide bonds. The van der Waals surface area contributed by atoms with Gasteiger partial charge in [-0.3, -0.25) is 14.5 Å². The van der Waals surface area contributed by atoms with Crippen molar-refractivity contribution >= 4 is 28.6 Å². The number of morpholine rings is 1. The average Bonchev–Trinajstić information content (AvgIpc) is 3.70. The van der Waals surface area contributed by atoms with Crippen molar-refractivity contribution in [2.24, 2.45) is 11.8 Å². The van der Waals surface area contributed by atoms with Gasteiger partial charge in [0.15, 0.2) is 0 Å². The standard InChI is InChI=1S/C29H34ClN7O3/c1-16-6-8-18(9-7-16)17(2)37-26-21(33-28(37)36-10-11-39-24-5-3-4-23(24)36)13-22(27-34-29(38)40-35-27)32-25(26)19-12-20(30)15-31-14-19/h12-18,23-24H,3-11H2,1-2H3,(H,34,35,38)/t16-,17-,18-,23+,24+/m0/s1. The number of hydrogen-bond acceptors (Lipinski definition) is 8. The minimum Gasteiger partial charge on any atom is -0.374 e. The zero-order chi connectivity index (χ0) is 27.4. The first kappa shape index (κ1) is 25.7. The first-order valence-electron chi connectivity index (χ1n) is 14.4. The fraction of sp³-hybridized carbons (Fsp3) is 0.552. The van der Waals surface area contributed by atoms with Crippen LogP contribution in [0.25, 0.3) is 33.8 Å². The molecule has 0 bridgehead atoms. The Morgan fingerprint density at radius 3 is 2.73 bits per heavy atom. The van der Waals surface area contributed by atoms with Gasteiger partial charge in [0.05, 0.1) is 40.5 Å². The lowest BCUT2D eigenvalue weighted by Crippen LogP contribution is -2.50. The second-order valence-electron chi connectivity index (χ2n) is 11.7. The molecule has 5 heterocycles. The van der Waals surface area contributed by atoms with Gasteiger partial charge in [-0.1, -0.05) is 36.5 Å². The molecule has 3 fully saturated rings. The van der Waals surface area contributed by atoms with E-state index in [2.05, 4.69) is 38.4 Å². The molecule has 4 aromatic heterocycles. The number of imidazole rings is 1. The molecule has 7 rings (SSSR count). The van der Waals surface area contributed by atoms with Crippen molar-refractivity contribution in [3.63, 3.8) is 0 Å². The molecule has 1 N–H and O–H groups in total. The number of aromatic nitrogens is 6. The zero-order valence-electron chi connectivity index (χ0n) is 22.8. The predicted octanol–water partition coefficient (Wildman–Crippen LogP) is 5.64. The number of halogens is 1. The van der Waals surface area contributed by atoms with Gasteiger partial charge in [-0.2, -0.15) is 0 Å². The summed E-state index contributed by atoms with van der Waals surface area (Å²) in [5.74, 6) is 1.89. The van der Waals surface area contributed by atoms with Gasteiger partial charge in [-0.15, -0.1) is 0 Å². The van der Waals surface area contributed by atoms with Gasteiger partial charge < -0.3 is 14.2 Å². The third-order valence-corrected chi connectivity index (χ3v) is 9.41. The molecule has 3 aliphatic rings. The van der Waals surface area contributed by atoms with E-state index in [1.165, 1.54) is 25.7 Å². The fourth-order valence-corrected chi connectivity index (χ4v) is 7.23. The van der Waals surface area contributed by atoms with E-state index in [1.807, 2.05) is 12.1 Å². The Kier molecular flexibility index (Phi) is 6.62. The van der Waals surface area contributed by atoms with Crippen LogP contribution in [0.3, 0.4) is 0 Å². The summed E-state index contributed by atoms with van der Waals surface area (Å²) in [5.41, 5.74) is 3.70. The normalized spacial score (nSPS) is 25.8. The van der Waals surface area contributed by atoms with Crippen LogP contribution in [0, 0.1) is 11.8 Å². The van der Waals surface area contributed by atoms with Crippen LogP contribution in [0.15, 0.2) is 33.8 Å². The molecule has 4 aromatic rings. The fourth-order valence-electron chi connectivity index (χ4n) is 7.05. The summed E-state index contributed by atoms with van der Waals surface area (Å²) in [5, 5.41) is 4.44. The molecule has 40 heavy (non-hydrogen) atoms. The summed E-state index contributed by atoms with van der Waals surface area (Å²) in [6.07, 6.45) is 11.8. The Labute approximate surface area is 237 Å². The highest BCUT2D eigenvalue weighted by Gasteiger charge is 2.40. The number of rotatable bonds is 5. The van der Waals surface area contributed by atoms with Crippen molar-refractivity contribution in [3.8, 4) is 22.8 Å². The molecule has 0 spiro atoms. The largest absolute Gasteiger partial charge is 0.439 e. The molecule has 11 heteroatoms. The molecule has 2 saturated carbocycles. The number of nitrogens with zero attached hydrogens (tertiary/aromatic N) is 6. The molecule has 2 aliphatic carbocycles. The highest BCUT2D eigenvalue weighted by Crippen LogP contribution is 2.43. The number of hydrogen-bond donors (Lipinski definition) is 1. The van der Waals surface area contributed by atoms with E-state index in [9.17, 15) is 4.79 Å². The molecular weight excluding hydrogens is 530 g/mol. The van der Waals surface area contributed by atoms with Crippen molar-refractivity contribution in [2.75, 3.05) is 18.1 Å². The van der Waals surface area contributed by atoms with E-state index in [1.54, 1.807) is 12.4 Å². The van der Waals surface area contributed by atoms with Gasteiger partial charge in [-0.25, -0.2) is 14.8 Å². The molecule has 0 unspecified atom stereocenters. The van der Waals surface area contributed by atoms with Crippen LogP contribution in [0.1, 0.15) is 64.8 Å². The van der Waals surface area contributed by atoms with Gasteiger partial charge in [-0.05, 0) is 63.0 Å². The maximum atomic E-state index is 11.8. The number of aromatic amines is 1. The first-order valence-corrected chi connectivity index (χ1v) is 14.8. The zero-order valence-corrected chi connectivity index (χ0v) is 23.6. The summed E-state index contributed by atoms with van der Waals surface area (Å²) in [7, 11) is 0. The Bertz CT molecular complexity index is 1590. The van der Waals surface area contributed by atoms with Crippen molar-refractivity contribution in [3.05, 3.63) is 40.1 Å². The van der Waals surface area contributed by atoms with E-state index < -0.39 is 5.76 Å². The monoisotopic (exact) mass is 563 g/mol. The van der Waals surface area contributed by atoms with Crippen LogP contribution in [-0.2, 0) is 4.74 Å². The molecule has 1 aliphatic heterocycles. The second kappa shape index (κ2) is 10.3. The van der Waals surface area contributed by atoms with Crippen molar-refractivity contribution < 1.29 is 9.26 Å². The third kappa shape index (κ3) is 4.51. The van der Waals surface area contributed by atoms with Crippen LogP contribution in [0.5, 0.6) is 0 Å². The van der Waals surface area contributed by atoms with Gasteiger partial charge >= 0.3 is 5.76 Å². The van der Waals surface area contributed by atoms with Crippen LogP contribution < -0.4 is 10.7 Å². The number of anilines is 1. The highest BCUT2D eigenvalue weighted by atomic mass is 35.5. The predicted molar refractivity (Wildman–Crippen MR) is 152 cm³/mol. The molecule has 0 aromatic carbocycles. The minimum atomic E-state index is -0.630. The maximum Gasteiger partial charge on any atom is 0.439 e. The van der Waals surface area contributed by atoms with Gasteiger partial charge in [0.1, 0.15) is 5.69 Å². The van der Waals surface area contributed by atoms with Crippen molar-refractivity contribution in [1.29, 1.82) is 0 Å². The van der Waals surface area contributed by atoms with Gasteiger partial charge in [0.2, 0.25) is 11.8 Å². The minimum absolute atomic E-state index is 0.209. The van der Waals surface area contributed by atoms with E-state index in [4.69, 9.17) is 30.8 Å². The highest BCUT2D eigenvalue weighted by molar-refractivity contribution is 6.30. The van der Waals surface area contributed by atoms with Crippen LogP contribution in [-0.4, -0.2) is 55.0 Å². The maximum absolute atomic E-state index is 11.8. The van der Waals surface area contributed by atoms with E-state index in [-0.39, 0.29) is 18.0 Å². The van der Waals surface area contributed by atoms with E-state index in [0.717, 1.165) is 54.3 Å². The molecule has 1 saturated heterocycles. The topological polar surface area (TPSA) is 115 Å². The number of nitrogens with one attached hydrogen (secondary N) is 1. The SMILES string of the molecule is C[C@@H]([C@H]1CC[C@H](C)CC1)n1c(N2CCO[C@@H]3CCC[C@H]32)nc2cc(-c3noc(=O)[nH]3)nc(-c3cncc(Cl)c3)c21. The van der Waals surface area contributed by atoms with Crippen molar-refractivity contribution in [2.45, 2.75) is 77.0 Å². The molecule has 10 nitrogen and oxygen atoms in total. The molecular formula is C29H34ClN7O3. The van der Waals surface area contributed by atoms with Crippen LogP contribution in [0.2, 0.25) is 5.02 Å². The number of ether oxygens (including phenoxy) is 1. The number of fused-ring (bicyclic) bond motifs is 2. The number of H-pyrrole nitrogens is 1. The molecule has 0 radical (unpaired) electrons. The van der Waals surface area contributed by atoms with E-state index >= 15 is 0 Å². The smallest absolute Gasteiger partial charge is 0.374 e. The third-order valence-electron chi connectivity index (χ3n) is 9.20. The first-order chi connectivity index (χ1) is 19.5. The van der Waals surface area contributed by atoms with Crippen molar-refractivity contribution in [1.82, 2.24) is 29.7 Å². The lowest BCUT2D eigenvalue weighted by atomic mass is 9.79. The lowest BCUT2D eigenvalue weighted by Gasteiger charge is -2.40.